The summed E-state index contributed by atoms with van der Waals surface area (Å²) in [5, 5.41) is 0.700. The molecule has 1 aromatic heterocycles. The van der Waals surface area contributed by atoms with Crippen LogP contribution in [-0.4, -0.2) is 38.3 Å². The average Bonchev–Trinajstić information content (AvgIpc) is 3.18. The van der Waals surface area contributed by atoms with Crippen molar-refractivity contribution in [2.75, 3.05) is 6.61 Å². The topological polar surface area (TPSA) is 22.1 Å². The van der Waals surface area contributed by atoms with E-state index in [2.05, 4.69) is 59.6 Å². The van der Waals surface area contributed by atoms with E-state index in [1.54, 1.807) is 0 Å². The Hall–Kier alpha value is 0.396. The molecule has 0 aromatic carbocycles. The van der Waals surface area contributed by atoms with Gasteiger partial charge in [0.25, 0.3) is 0 Å². The molecule has 2 nitrogen and oxygen atoms in total. The summed E-state index contributed by atoms with van der Waals surface area (Å²) >= 11 is -1.85. The first-order chi connectivity index (χ1) is 15.1. The number of thiazole rings is 1. The van der Waals surface area contributed by atoms with E-state index >= 15 is 0 Å². The van der Waals surface area contributed by atoms with Crippen LogP contribution in [0.2, 0.25) is 31.4 Å². The fourth-order valence-corrected chi connectivity index (χ4v) is 25.9. The molecule has 1 unspecified atom stereocenters. The zero-order chi connectivity index (χ0) is 25.5. The maximum atomic E-state index is 14.3. The molecular formula is C25H48F3NOSSiSn. The predicted octanol–water partition coefficient (Wildman–Crippen LogP) is 9.34. The van der Waals surface area contributed by atoms with Gasteiger partial charge in [0.2, 0.25) is 0 Å². The fraction of sp³-hybridized carbons (Fsp3) is 0.880. The third-order valence-corrected chi connectivity index (χ3v) is 31.4. The zero-order valence-corrected chi connectivity index (χ0v) is 27.2. The molecule has 0 radical (unpaired) electrons. The minimum atomic E-state index is -4.38. The molecule has 0 spiro atoms. The molecule has 194 valence electrons. The molecule has 0 amide bonds. The molecule has 1 aromatic rings. The van der Waals surface area contributed by atoms with Gasteiger partial charge in [-0.15, -0.1) is 0 Å². The molecule has 1 rings (SSSR count). The van der Waals surface area contributed by atoms with Crippen molar-refractivity contribution >= 4 is 40.9 Å². The molecule has 0 N–H and O–H groups in total. The number of alkyl halides is 3. The fourth-order valence-electron chi connectivity index (χ4n) is 3.98. The van der Waals surface area contributed by atoms with E-state index in [0.717, 1.165) is 51.8 Å². The molecule has 1 atom stereocenters. The summed E-state index contributed by atoms with van der Waals surface area (Å²) in [5.41, 5.74) is -0.541. The molecular weight excluding hydrogens is 566 g/mol. The second-order valence-electron chi connectivity index (χ2n) is 11.3. The number of hydrogen-bond acceptors (Lipinski definition) is 3. The Morgan fingerprint density at radius 3 is 1.76 bits per heavy atom. The van der Waals surface area contributed by atoms with Crippen molar-refractivity contribution in [1.82, 2.24) is 4.98 Å². The van der Waals surface area contributed by atoms with Crippen LogP contribution < -0.4 is 2.89 Å². The van der Waals surface area contributed by atoms with Crippen LogP contribution in [0.4, 0.5) is 13.2 Å². The molecule has 1 heterocycles. The summed E-state index contributed by atoms with van der Waals surface area (Å²) in [7, 11) is -1.97. The van der Waals surface area contributed by atoms with Gasteiger partial charge in [-0.05, 0) is 0 Å². The first kappa shape index (κ1) is 31.4. The molecule has 0 aliphatic carbocycles. The van der Waals surface area contributed by atoms with Crippen molar-refractivity contribution in [3.8, 4) is 0 Å². The number of aromatic nitrogens is 1. The summed E-state index contributed by atoms with van der Waals surface area (Å²) in [6.45, 7) is 19.8. The predicted molar refractivity (Wildman–Crippen MR) is 143 cm³/mol. The summed E-state index contributed by atoms with van der Waals surface area (Å²) in [6.07, 6.45) is 1.87. The van der Waals surface area contributed by atoms with Crippen molar-refractivity contribution in [1.29, 1.82) is 0 Å². The summed E-state index contributed by atoms with van der Waals surface area (Å²) in [4.78, 5) is 4.32. The van der Waals surface area contributed by atoms with Crippen LogP contribution in [0.25, 0.3) is 0 Å². The van der Waals surface area contributed by atoms with E-state index in [-0.39, 0.29) is 11.0 Å². The van der Waals surface area contributed by atoms with Crippen molar-refractivity contribution < 1.29 is 17.6 Å². The van der Waals surface area contributed by atoms with Gasteiger partial charge in [-0.1, -0.05) is 0 Å². The Morgan fingerprint density at radius 2 is 1.39 bits per heavy atom. The molecule has 0 aliphatic rings. The number of hydrogen-bond donors (Lipinski definition) is 0. The number of halogens is 3. The van der Waals surface area contributed by atoms with Crippen LogP contribution in [0, 0.1) is 0 Å². The average molecular weight is 615 g/mol. The number of rotatable bonds is 14. The van der Waals surface area contributed by atoms with Gasteiger partial charge in [-0.2, -0.15) is 0 Å². The van der Waals surface area contributed by atoms with Gasteiger partial charge in [0.15, 0.2) is 0 Å². The van der Waals surface area contributed by atoms with Crippen molar-refractivity contribution in [3.63, 3.8) is 0 Å². The van der Waals surface area contributed by atoms with Crippen molar-refractivity contribution in [3.05, 3.63) is 10.7 Å². The second-order valence-corrected chi connectivity index (χ2v) is 31.2. The van der Waals surface area contributed by atoms with Gasteiger partial charge in [0.05, 0.1) is 0 Å². The van der Waals surface area contributed by atoms with Crippen molar-refractivity contribution in [2.24, 2.45) is 0 Å². The van der Waals surface area contributed by atoms with Gasteiger partial charge < -0.3 is 0 Å². The van der Waals surface area contributed by atoms with Gasteiger partial charge in [0.1, 0.15) is 0 Å². The number of unbranched alkanes of at least 4 members (excludes halogenated alkanes) is 3. The Bertz CT molecular complexity index is 694. The maximum absolute atomic E-state index is 14.3. The molecule has 8 heteroatoms. The van der Waals surface area contributed by atoms with Crippen LogP contribution in [0.15, 0.2) is 0 Å². The van der Waals surface area contributed by atoms with Gasteiger partial charge in [-0.25, -0.2) is 0 Å². The first-order valence-corrected chi connectivity index (χ1v) is 24.1. The number of nitrogens with zero attached hydrogens (tertiary/aromatic N) is 1. The SMILES string of the molecule is CCC[CH2][Sn]([CH2]CCC)([CH2]CCC)[c]1sc(C(C)CO[Si](C)(C)C(C)(C)C)nc1C(F)(F)F. The summed E-state index contributed by atoms with van der Waals surface area (Å²) in [6, 6.07) is 0. The van der Waals surface area contributed by atoms with Crippen molar-refractivity contribution in [2.45, 2.75) is 131 Å². The van der Waals surface area contributed by atoms with E-state index < -0.39 is 38.6 Å². The minimum absolute atomic E-state index is 0.0734. The van der Waals surface area contributed by atoms with E-state index in [1.165, 1.54) is 11.3 Å². The standard InChI is InChI=1S/C13H21F3NOSSi.3C4H9.Sn/c1-9(7-18-20(5,6)12(2,3)4)11-17-10(8-19-11)13(14,15)16;3*1-3-4-2;/h9H,7H2,1-6H3;3*1,3-4H2,2H3;. The summed E-state index contributed by atoms with van der Waals surface area (Å²) < 4.78 is 53.0. The Kier molecular flexibility index (Phi) is 12.5. The molecule has 0 saturated carbocycles. The van der Waals surface area contributed by atoms with Crippen LogP contribution in [-0.2, 0) is 10.6 Å². The molecule has 33 heavy (non-hydrogen) atoms. The van der Waals surface area contributed by atoms with E-state index in [0.29, 0.717) is 14.5 Å². The molecule has 0 bridgehead atoms. The third kappa shape index (κ3) is 8.78. The van der Waals surface area contributed by atoms with Gasteiger partial charge >= 0.3 is 211 Å². The zero-order valence-electron chi connectivity index (χ0n) is 22.5. The van der Waals surface area contributed by atoms with Gasteiger partial charge in [-0.3, -0.25) is 0 Å². The quantitative estimate of drug-likeness (QED) is 0.195. The van der Waals surface area contributed by atoms with Crippen LogP contribution in [0.3, 0.4) is 0 Å². The van der Waals surface area contributed by atoms with E-state index in [1.807, 2.05) is 6.92 Å². The van der Waals surface area contributed by atoms with Crippen LogP contribution in [0.5, 0.6) is 0 Å². The Labute approximate surface area is 210 Å². The monoisotopic (exact) mass is 615 g/mol. The molecule has 0 aliphatic heterocycles. The Morgan fingerprint density at radius 1 is 0.939 bits per heavy atom. The first-order valence-electron chi connectivity index (χ1n) is 12.9. The van der Waals surface area contributed by atoms with Gasteiger partial charge in [0, 0.05) is 0 Å². The molecule has 0 fully saturated rings. The third-order valence-electron chi connectivity index (χ3n) is 7.34. The van der Waals surface area contributed by atoms with Crippen LogP contribution >= 0.6 is 11.3 Å². The molecule has 0 saturated heterocycles. The van der Waals surface area contributed by atoms with E-state index in [4.69, 9.17) is 4.43 Å². The van der Waals surface area contributed by atoms with Crippen LogP contribution in [0.1, 0.15) is 104 Å². The van der Waals surface area contributed by atoms with E-state index in [9.17, 15) is 13.2 Å². The second kappa shape index (κ2) is 13.1. The normalized spacial score (nSPS) is 14.7. The summed E-state index contributed by atoms with van der Waals surface area (Å²) in [5.74, 6) is -0.119. The Balaban J connectivity index is 3.44.